The van der Waals surface area contributed by atoms with Gasteiger partial charge in [0, 0.05) is 18.5 Å². The Balaban J connectivity index is 1.23. The third-order valence-corrected chi connectivity index (χ3v) is 7.12. The lowest BCUT2D eigenvalue weighted by Gasteiger charge is -2.52. The molecule has 2 aromatic carbocycles. The van der Waals surface area contributed by atoms with Crippen LogP contribution in [0.4, 0.5) is 4.79 Å². The Hall–Kier alpha value is -2.41. The molecule has 2 N–H and O–H groups in total. The highest BCUT2D eigenvalue weighted by Gasteiger charge is 2.45. The molecule has 0 saturated carbocycles. The first-order valence-electron chi connectivity index (χ1n) is 11.3. The van der Waals surface area contributed by atoms with E-state index < -0.39 is 11.6 Å². The molecule has 0 spiro atoms. The average molecular weight is 423 g/mol. The number of carbonyl (C=O) groups excluding carboxylic acids is 1. The number of piperidine rings is 1. The summed E-state index contributed by atoms with van der Waals surface area (Å²) in [6, 6.07) is 16.9. The molecule has 2 aliphatic heterocycles. The van der Waals surface area contributed by atoms with Crippen LogP contribution in [-0.4, -0.2) is 67.2 Å². The van der Waals surface area contributed by atoms with Crippen LogP contribution in [0.5, 0.6) is 0 Å². The van der Waals surface area contributed by atoms with E-state index in [1.54, 1.807) is 0 Å². The van der Waals surface area contributed by atoms with Crippen molar-refractivity contribution in [1.82, 2.24) is 10.2 Å². The van der Waals surface area contributed by atoms with Gasteiger partial charge in [-0.1, -0.05) is 55.0 Å². The van der Waals surface area contributed by atoms with Crippen molar-refractivity contribution in [3.8, 4) is 11.1 Å². The second-order valence-corrected chi connectivity index (χ2v) is 8.92. The van der Waals surface area contributed by atoms with E-state index in [0.29, 0.717) is 25.8 Å². The smallest absolute Gasteiger partial charge is 0.407 e. The first kappa shape index (κ1) is 20.5. The molecule has 0 aromatic heterocycles. The molecule has 5 rings (SSSR count). The number of alkyl carbamates (subject to hydrolysis) is 1. The summed E-state index contributed by atoms with van der Waals surface area (Å²) in [6.45, 7) is 2.61. The zero-order chi connectivity index (χ0) is 21.3. The number of carbonyl (C=O) groups is 1. The van der Waals surface area contributed by atoms with Gasteiger partial charge in [0.25, 0.3) is 0 Å². The van der Waals surface area contributed by atoms with E-state index >= 15 is 0 Å². The van der Waals surface area contributed by atoms with Crippen LogP contribution in [0, 0.1) is 0 Å². The fraction of sp³-hybridized carbons (Fsp3) is 0.480. The molecular formula is C25H30N2O4. The number of nitrogens with zero attached hydrogens (tertiary/aromatic N) is 1. The maximum atomic E-state index is 12.6. The van der Waals surface area contributed by atoms with E-state index in [0.717, 1.165) is 19.4 Å². The zero-order valence-electron chi connectivity index (χ0n) is 17.8. The molecule has 31 heavy (non-hydrogen) atoms. The third kappa shape index (κ3) is 3.73. The second kappa shape index (κ2) is 8.61. The van der Waals surface area contributed by atoms with Crippen LogP contribution in [0.1, 0.15) is 36.3 Å². The van der Waals surface area contributed by atoms with Gasteiger partial charge in [-0.3, -0.25) is 4.90 Å². The number of hydrogen-bond donors (Lipinski definition) is 2. The first-order chi connectivity index (χ1) is 15.2. The van der Waals surface area contributed by atoms with Crippen LogP contribution in [0.3, 0.4) is 0 Å². The molecule has 1 amide bonds. The number of ether oxygens (including phenoxy) is 2. The molecule has 1 aliphatic carbocycles. The lowest BCUT2D eigenvalue weighted by Crippen LogP contribution is -2.68. The summed E-state index contributed by atoms with van der Waals surface area (Å²) in [6.07, 6.45) is 2.93. The van der Waals surface area contributed by atoms with Gasteiger partial charge < -0.3 is 19.9 Å². The quantitative estimate of drug-likeness (QED) is 0.775. The zero-order valence-corrected chi connectivity index (χ0v) is 17.8. The van der Waals surface area contributed by atoms with E-state index in [1.807, 2.05) is 24.3 Å². The number of nitrogens with one attached hydrogen (secondary N) is 1. The molecule has 6 nitrogen and oxygen atoms in total. The third-order valence-electron chi connectivity index (χ3n) is 7.12. The van der Waals surface area contributed by atoms with Gasteiger partial charge in [0.05, 0.1) is 25.4 Å². The molecule has 3 aliphatic rings. The summed E-state index contributed by atoms with van der Waals surface area (Å²) in [5.41, 5.74) is 4.23. The van der Waals surface area contributed by atoms with Crippen molar-refractivity contribution < 1.29 is 19.4 Å². The number of amides is 1. The van der Waals surface area contributed by atoms with Crippen LogP contribution < -0.4 is 5.32 Å². The van der Waals surface area contributed by atoms with Crippen molar-refractivity contribution in [1.29, 1.82) is 0 Å². The number of benzene rings is 2. The summed E-state index contributed by atoms with van der Waals surface area (Å²) in [5, 5.41) is 13.1. The van der Waals surface area contributed by atoms with E-state index in [4.69, 9.17) is 9.47 Å². The summed E-state index contributed by atoms with van der Waals surface area (Å²) in [4.78, 5) is 14.9. The van der Waals surface area contributed by atoms with Crippen LogP contribution in [0.15, 0.2) is 48.5 Å². The lowest BCUT2D eigenvalue weighted by molar-refractivity contribution is -0.133. The molecule has 6 heteroatoms. The fourth-order valence-corrected chi connectivity index (χ4v) is 5.50. The van der Waals surface area contributed by atoms with Crippen molar-refractivity contribution in [3.05, 3.63) is 59.7 Å². The number of fused-ring (bicyclic) bond motifs is 4. The van der Waals surface area contributed by atoms with Crippen LogP contribution >= 0.6 is 0 Å². The van der Waals surface area contributed by atoms with Crippen molar-refractivity contribution in [2.24, 2.45) is 0 Å². The highest BCUT2D eigenvalue weighted by Crippen LogP contribution is 2.44. The SMILES string of the molecule is O=C(NCC1(CO)COCC2CCCCN21)OCC1c2ccccc2-c2ccccc21. The van der Waals surface area contributed by atoms with Gasteiger partial charge >= 0.3 is 6.09 Å². The second-order valence-electron chi connectivity index (χ2n) is 8.92. The maximum Gasteiger partial charge on any atom is 0.407 e. The molecule has 2 fully saturated rings. The summed E-state index contributed by atoms with van der Waals surface area (Å²) >= 11 is 0. The molecular weight excluding hydrogens is 392 g/mol. The van der Waals surface area contributed by atoms with Gasteiger partial charge in [0.15, 0.2) is 0 Å². The molecule has 0 radical (unpaired) electrons. The molecule has 0 bridgehead atoms. The van der Waals surface area contributed by atoms with Gasteiger partial charge in [-0.15, -0.1) is 0 Å². The van der Waals surface area contributed by atoms with E-state index in [1.165, 1.54) is 28.7 Å². The largest absolute Gasteiger partial charge is 0.449 e. The number of rotatable bonds is 5. The fourth-order valence-electron chi connectivity index (χ4n) is 5.50. The summed E-state index contributed by atoms with van der Waals surface area (Å²) in [7, 11) is 0. The van der Waals surface area contributed by atoms with E-state index in [2.05, 4.69) is 34.5 Å². The molecule has 2 heterocycles. The van der Waals surface area contributed by atoms with Gasteiger partial charge in [-0.25, -0.2) is 4.79 Å². The van der Waals surface area contributed by atoms with Gasteiger partial charge in [0.2, 0.25) is 0 Å². The molecule has 2 atom stereocenters. The van der Waals surface area contributed by atoms with Gasteiger partial charge in [-0.05, 0) is 41.6 Å². The Morgan fingerprint density at radius 2 is 1.84 bits per heavy atom. The Labute approximate surface area is 183 Å². The van der Waals surface area contributed by atoms with Crippen molar-refractivity contribution in [2.45, 2.75) is 36.8 Å². The van der Waals surface area contributed by atoms with Crippen molar-refractivity contribution in [2.75, 3.05) is 39.5 Å². The van der Waals surface area contributed by atoms with Crippen LogP contribution in [-0.2, 0) is 9.47 Å². The van der Waals surface area contributed by atoms with Crippen LogP contribution in [0.25, 0.3) is 11.1 Å². The summed E-state index contributed by atoms with van der Waals surface area (Å²) in [5.74, 6) is 0.0365. The highest BCUT2D eigenvalue weighted by molar-refractivity contribution is 5.79. The average Bonchev–Trinajstić information content (AvgIpc) is 3.15. The minimum absolute atomic E-state index is 0.0365. The minimum atomic E-state index is -0.574. The van der Waals surface area contributed by atoms with E-state index in [-0.39, 0.29) is 19.1 Å². The topological polar surface area (TPSA) is 71.0 Å². The molecule has 164 valence electrons. The van der Waals surface area contributed by atoms with Crippen LogP contribution in [0.2, 0.25) is 0 Å². The lowest BCUT2D eigenvalue weighted by atomic mass is 9.89. The molecule has 2 unspecified atom stereocenters. The molecule has 2 saturated heterocycles. The minimum Gasteiger partial charge on any atom is -0.449 e. The Morgan fingerprint density at radius 3 is 2.55 bits per heavy atom. The normalized spacial score (nSPS) is 25.4. The maximum absolute atomic E-state index is 12.6. The van der Waals surface area contributed by atoms with Crippen molar-refractivity contribution in [3.63, 3.8) is 0 Å². The number of aliphatic hydroxyl groups is 1. The number of aliphatic hydroxyl groups excluding tert-OH is 1. The number of hydrogen-bond acceptors (Lipinski definition) is 5. The molecule has 2 aromatic rings. The Bertz CT molecular complexity index is 901. The predicted molar refractivity (Wildman–Crippen MR) is 118 cm³/mol. The summed E-state index contributed by atoms with van der Waals surface area (Å²) < 4.78 is 11.5. The Morgan fingerprint density at radius 1 is 1.13 bits per heavy atom. The van der Waals surface area contributed by atoms with Gasteiger partial charge in [0.1, 0.15) is 6.61 Å². The monoisotopic (exact) mass is 422 g/mol. The highest BCUT2D eigenvalue weighted by atomic mass is 16.5. The predicted octanol–water partition coefficient (Wildman–Crippen LogP) is 3.14. The van der Waals surface area contributed by atoms with E-state index in [9.17, 15) is 9.90 Å². The van der Waals surface area contributed by atoms with Gasteiger partial charge in [-0.2, -0.15) is 0 Å². The first-order valence-corrected chi connectivity index (χ1v) is 11.3. The number of morpholine rings is 1. The van der Waals surface area contributed by atoms with Crippen molar-refractivity contribution >= 4 is 6.09 Å². The Kier molecular flexibility index (Phi) is 5.69. The standard InChI is InChI=1S/C25H30N2O4/c28-16-25(17-30-13-18-7-5-6-12-27(18)25)15-26-24(29)31-14-23-21-10-3-1-8-19(21)20-9-2-4-11-22(20)23/h1-4,8-11,18,23,28H,5-7,12-17H2,(H,26,29).